The molecule has 2 fully saturated rings. The van der Waals surface area contributed by atoms with Crippen LogP contribution in [0.5, 0.6) is 0 Å². The number of carboxylic acid groups (broad SMARTS) is 1. The summed E-state index contributed by atoms with van der Waals surface area (Å²) in [4.78, 5) is 38.2. The van der Waals surface area contributed by atoms with Gasteiger partial charge in [-0.2, -0.15) is 0 Å². The molecular formula is C12H19N3O4S. The standard InChI is InChI=1S/C12H19N3O4S/c1-13-10(16)8-3-2-4-14(5-8)12(19)15-7-20-6-9(15)11(17)18/h8-9H,2-7H2,1H3,(H,13,16)(H,17,18). The molecule has 2 atom stereocenters. The Balaban J connectivity index is 2.01. The molecule has 3 amide bonds. The summed E-state index contributed by atoms with van der Waals surface area (Å²) in [5.41, 5.74) is 0. The van der Waals surface area contributed by atoms with Gasteiger partial charge in [0.25, 0.3) is 0 Å². The van der Waals surface area contributed by atoms with Gasteiger partial charge in [-0.3, -0.25) is 4.79 Å². The van der Waals surface area contributed by atoms with E-state index in [9.17, 15) is 14.4 Å². The second-order valence-corrected chi connectivity index (χ2v) is 6.01. The van der Waals surface area contributed by atoms with Crippen LogP contribution in [0.25, 0.3) is 0 Å². The Morgan fingerprint density at radius 3 is 2.75 bits per heavy atom. The van der Waals surface area contributed by atoms with Crippen molar-refractivity contribution in [1.82, 2.24) is 15.1 Å². The number of likely N-dealkylation sites (tertiary alicyclic amines) is 1. The van der Waals surface area contributed by atoms with Crippen LogP contribution >= 0.6 is 11.8 Å². The molecule has 2 aliphatic heterocycles. The van der Waals surface area contributed by atoms with Crippen molar-refractivity contribution in [2.75, 3.05) is 31.8 Å². The highest BCUT2D eigenvalue weighted by Gasteiger charge is 2.38. The largest absolute Gasteiger partial charge is 0.480 e. The number of carboxylic acids is 1. The molecule has 2 unspecified atom stereocenters. The van der Waals surface area contributed by atoms with Crippen molar-refractivity contribution >= 4 is 29.7 Å². The number of carbonyl (C=O) groups excluding carboxylic acids is 2. The minimum Gasteiger partial charge on any atom is -0.480 e. The van der Waals surface area contributed by atoms with E-state index in [4.69, 9.17) is 5.11 Å². The number of carbonyl (C=O) groups is 3. The maximum absolute atomic E-state index is 12.4. The topological polar surface area (TPSA) is 90.0 Å². The third kappa shape index (κ3) is 3.00. The third-order valence-corrected chi connectivity index (χ3v) is 4.73. The summed E-state index contributed by atoms with van der Waals surface area (Å²) in [6.45, 7) is 0.950. The molecule has 2 heterocycles. The fourth-order valence-corrected chi connectivity index (χ4v) is 3.72. The first-order valence-electron chi connectivity index (χ1n) is 6.62. The Labute approximate surface area is 121 Å². The molecule has 0 aromatic heterocycles. The first-order chi connectivity index (χ1) is 9.54. The maximum Gasteiger partial charge on any atom is 0.327 e. The van der Waals surface area contributed by atoms with Crippen molar-refractivity contribution in [3.05, 3.63) is 0 Å². The fourth-order valence-electron chi connectivity index (χ4n) is 2.59. The Hall–Kier alpha value is -1.44. The SMILES string of the molecule is CNC(=O)C1CCCN(C(=O)N2CSCC2C(=O)O)C1. The van der Waals surface area contributed by atoms with Gasteiger partial charge in [-0.1, -0.05) is 0 Å². The van der Waals surface area contributed by atoms with Crippen LogP contribution in [-0.4, -0.2) is 70.6 Å². The Morgan fingerprint density at radius 1 is 1.35 bits per heavy atom. The number of aliphatic carboxylic acids is 1. The van der Waals surface area contributed by atoms with Crippen LogP contribution in [-0.2, 0) is 9.59 Å². The van der Waals surface area contributed by atoms with Crippen molar-refractivity contribution in [2.45, 2.75) is 18.9 Å². The summed E-state index contributed by atoms with van der Waals surface area (Å²) in [7, 11) is 1.58. The van der Waals surface area contributed by atoms with Crippen LogP contribution in [0.1, 0.15) is 12.8 Å². The summed E-state index contributed by atoms with van der Waals surface area (Å²) in [5, 5.41) is 11.7. The van der Waals surface area contributed by atoms with Crippen molar-refractivity contribution in [3.63, 3.8) is 0 Å². The Bertz CT molecular complexity index is 418. The maximum atomic E-state index is 12.4. The van der Waals surface area contributed by atoms with E-state index in [1.165, 1.54) is 16.7 Å². The Morgan fingerprint density at radius 2 is 2.10 bits per heavy atom. The lowest BCUT2D eigenvalue weighted by Crippen LogP contribution is -2.52. The van der Waals surface area contributed by atoms with E-state index in [-0.39, 0.29) is 17.9 Å². The van der Waals surface area contributed by atoms with Crippen molar-refractivity contribution in [2.24, 2.45) is 5.92 Å². The minimum absolute atomic E-state index is 0.0620. The zero-order chi connectivity index (χ0) is 14.7. The molecule has 20 heavy (non-hydrogen) atoms. The van der Waals surface area contributed by atoms with E-state index in [1.54, 1.807) is 11.9 Å². The number of nitrogens with zero attached hydrogens (tertiary/aromatic N) is 2. The first kappa shape index (κ1) is 15.0. The number of thioether (sulfide) groups is 1. The van der Waals surface area contributed by atoms with Crippen molar-refractivity contribution in [3.8, 4) is 0 Å². The van der Waals surface area contributed by atoms with E-state index in [0.29, 0.717) is 24.7 Å². The molecule has 2 N–H and O–H groups in total. The highest BCUT2D eigenvalue weighted by atomic mass is 32.2. The van der Waals surface area contributed by atoms with Gasteiger partial charge in [0.1, 0.15) is 6.04 Å². The molecule has 2 rings (SSSR count). The zero-order valence-corrected chi connectivity index (χ0v) is 12.2. The molecule has 0 saturated carbocycles. The molecule has 0 aromatic carbocycles. The van der Waals surface area contributed by atoms with Gasteiger partial charge in [0, 0.05) is 25.9 Å². The number of hydrogen-bond acceptors (Lipinski definition) is 4. The summed E-state index contributed by atoms with van der Waals surface area (Å²) in [6, 6.07) is -1.02. The van der Waals surface area contributed by atoms with Gasteiger partial charge in [0.05, 0.1) is 11.8 Å². The number of amides is 3. The number of piperidine rings is 1. The van der Waals surface area contributed by atoms with E-state index in [2.05, 4.69) is 5.32 Å². The van der Waals surface area contributed by atoms with Crippen LogP contribution < -0.4 is 5.32 Å². The lowest BCUT2D eigenvalue weighted by Gasteiger charge is -2.35. The predicted molar refractivity (Wildman–Crippen MR) is 74.3 cm³/mol. The van der Waals surface area contributed by atoms with Gasteiger partial charge in [-0.15, -0.1) is 11.8 Å². The van der Waals surface area contributed by atoms with Crippen molar-refractivity contribution < 1.29 is 19.5 Å². The summed E-state index contributed by atoms with van der Waals surface area (Å²) >= 11 is 1.44. The number of rotatable bonds is 2. The number of hydrogen-bond donors (Lipinski definition) is 2. The molecule has 0 spiro atoms. The van der Waals surface area contributed by atoms with Gasteiger partial charge in [-0.05, 0) is 12.8 Å². The summed E-state index contributed by atoms with van der Waals surface area (Å²) in [6.07, 6.45) is 1.53. The van der Waals surface area contributed by atoms with Gasteiger partial charge < -0.3 is 20.2 Å². The number of urea groups is 1. The average Bonchev–Trinajstić information content (AvgIpc) is 2.95. The van der Waals surface area contributed by atoms with E-state index < -0.39 is 12.0 Å². The third-order valence-electron chi connectivity index (χ3n) is 3.72. The molecular weight excluding hydrogens is 282 g/mol. The first-order valence-corrected chi connectivity index (χ1v) is 7.77. The molecule has 7 nitrogen and oxygen atoms in total. The average molecular weight is 301 g/mol. The fraction of sp³-hybridized carbons (Fsp3) is 0.750. The number of nitrogens with one attached hydrogen (secondary N) is 1. The Kier molecular flexibility index (Phi) is 4.74. The van der Waals surface area contributed by atoms with Crippen LogP contribution in [0.4, 0.5) is 4.79 Å². The molecule has 0 aliphatic carbocycles. The smallest absolute Gasteiger partial charge is 0.327 e. The quantitative estimate of drug-likeness (QED) is 0.751. The molecule has 2 aliphatic rings. The normalized spacial score (nSPS) is 26.4. The van der Waals surface area contributed by atoms with E-state index >= 15 is 0 Å². The lowest BCUT2D eigenvalue weighted by atomic mass is 9.97. The van der Waals surface area contributed by atoms with Gasteiger partial charge in [-0.25, -0.2) is 9.59 Å². The van der Waals surface area contributed by atoms with Gasteiger partial charge >= 0.3 is 12.0 Å². The molecule has 2 saturated heterocycles. The second kappa shape index (κ2) is 6.34. The van der Waals surface area contributed by atoms with Crippen LogP contribution in [0.2, 0.25) is 0 Å². The molecule has 112 valence electrons. The second-order valence-electron chi connectivity index (χ2n) is 5.01. The summed E-state index contributed by atoms with van der Waals surface area (Å²) in [5.74, 6) is -0.405. The highest BCUT2D eigenvalue weighted by molar-refractivity contribution is 7.99. The van der Waals surface area contributed by atoms with Crippen LogP contribution in [0.15, 0.2) is 0 Å². The molecule has 0 radical (unpaired) electrons. The van der Waals surface area contributed by atoms with Crippen molar-refractivity contribution in [1.29, 1.82) is 0 Å². The summed E-state index contributed by atoms with van der Waals surface area (Å²) < 4.78 is 0. The molecule has 0 bridgehead atoms. The minimum atomic E-state index is -0.969. The van der Waals surface area contributed by atoms with E-state index in [0.717, 1.165) is 12.8 Å². The molecule has 8 heteroatoms. The zero-order valence-electron chi connectivity index (χ0n) is 11.4. The van der Waals surface area contributed by atoms with Gasteiger partial charge in [0.15, 0.2) is 0 Å². The monoisotopic (exact) mass is 301 g/mol. The lowest BCUT2D eigenvalue weighted by molar-refractivity contribution is -0.141. The van der Waals surface area contributed by atoms with Gasteiger partial charge in [0.2, 0.25) is 5.91 Å². The van der Waals surface area contributed by atoms with E-state index in [1.807, 2.05) is 0 Å². The predicted octanol–water partition coefficient (Wildman–Crippen LogP) is 0.0239. The highest BCUT2D eigenvalue weighted by Crippen LogP contribution is 2.25. The van der Waals surface area contributed by atoms with Crippen LogP contribution in [0, 0.1) is 5.92 Å². The molecule has 0 aromatic rings. The van der Waals surface area contributed by atoms with Crippen LogP contribution in [0.3, 0.4) is 0 Å².